The fourth-order valence-corrected chi connectivity index (χ4v) is 3.30. The van der Waals surface area contributed by atoms with E-state index in [-0.39, 0.29) is 13.2 Å². The fraction of sp³-hybridized carbons (Fsp3) is 0.304. The molecule has 0 saturated heterocycles. The number of allylic oxidation sites excluding steroid dienone is 1. The van der Waals surface area contributed by atoms with E-state index >= 15 is 0 Å². The van der Waals surface area contributed by atoms with Gasteiger partial charge in [0.25, 0.3) is 0 Å². The number of rotatable bonds is 5. The monoisotopic (exact) mass is 390 g/mol. The number of nitrogens with zero attached hydrogens (tertiary/aromatic N) is 3. The Hall–Kier alpha value is -3.30. The highest BCUT2D eigenvalue weighted by Crippen LogP contribution is 2.26. The Kier molecular flexibility index (Phi) is 6.53. The van der Waals surface area contributed by atoms with Gasteiger partial charge in [-0.1, -0.05) is 23.8 Å². The molecule has 0 aromatic heterocycles. The number of hydrogen-bond donors (Lipinski definition) is 2. The van der Waals surface area contributed by atoms with Crippen molar-refractivity contribution in [1.82, 2.24) is 4.90 Å². The molecule has 0 aliphatic carbocycles. The van der Waals surface area contributed by atoms with Crippen LogP contribution < -0.4 is 10.5 Å². The average molecular weight is 390 g/mol. The molecule has 29 heavy (non-hydrogen) atoms. The summed E-state index contributed by atoms with van der Waals surface area (Å²) in [6.45, 7) is 5.39. The smallest absolute Gasteiger partial charge is 0.149 e. The maximum atomic E-state index is 9.70. The van der Waals surface area contributed by atoms with Crippen LogP contribution in [-0.2, 0) is 13.0 Å². The topological polar surface area (TPSA) is 94.9 Å². The minimum atomic E-state index is -0.00852. The summed E-state index contributed by atoms with van der Waals surface area (Å²) in [5.41, 5.74) is 11.2. The second-order valence-corrected chi connectivity index (χ2v) is 7.11. The largest absolute Gasteiger partial charge is 0.491 e. The van der Waals surface area contributed by atoms with Crippen LogP contribution in [0.4, 0.5) is 5.69 Å². The van der Waals surface area contributed by atoms with Gasteiger partial charge >= 0.3 is 0 Å². The Labute approximate surface area is 171 Å². The van der Waals surface area contributed by atoms with Gasteiger partial charge in [-0.2, -0.15) is 5.26 Å². The Bertz CT molecular complexity index is 967. The van der Waals surface area contributed by atoms with Crippen LogP contribution in [0.25, 0.3) is 0 Å². The zero-order valence-corrected chi connectivity index (χ0v) is 16.9. The fourth-order valence-electron chi connectivity index (χ4n) is 3.30. The van der Waals surface area contributed by atoms with Gasteiger partial charge in [-0.05, 0) is 55.7 Å². The van der Waals surface area contributed by atoms with E-state index in [1.165, 1.54) is 5.56 Å². The van der Waals surface area contributed by atoms with Crippen molar-refractivity contribution in [2.24, 2.45) is 10.7 Å². The zero-order chi connectivity index (χ0) is 20.8. The lowest BCUT2D eigenvalue weighted by Crippen LogP contribution is -2.37. The first-order chi connectivity index (χ1) is 14.0. The van der Waals surface area contributed by atoms with E-state index in [0.29, 0.717) is 23.7 Å². The van der Waals surface area contributed by atoms with E-state index in [0.717, 1.165) is 35.5 Å². The summed E-state index contributed by atoms with van der Waals surface area (Å²) in [4.78, 5) is 6.88. The number of ether oxygens (including phenoxy) is 1. The summed E-state index contributed by atoms with van der Waals surface area (Å²) in [7, 11) is 0. The van der Waals surface area contributed by atoms with E-state index in [1.807, 2.05) is 49.4 Å². The van der Waals surface area contributed by atoms with Gasteiger partial charge in [0, 0.05) is 18.8 Å². The molecule has 0 spiro atoms. The molecule has 0 atom stereocenters. The Balaban J connectivity index is 1.93. The molecule has 1 aliphatic heterocycles. The van der Waals surface area contributed by atoms with Crippen molar-refractivity contribution in [1.29, 1.82) is 5.26 Å². The number of nitrogens with two attached hydrogens (primary N) is 1. The molecule has 3 N–H and O–H groups in total. The number of amidine groups is 1. The summed E-state index contributed by atoms with van der Waals surface area (Å²) in [6.07, 6.45) is 0.806. The van der Waals surface area contributed by atoms with Gasteiger partial charge in [-0.15, -0.1) is 0 Å². The Morgan fingerprint density at radius 1 is 1.24 bits per heavy atom. The van der Waals surface area contributed by atoms with Crippen molar-refractivity contribution >= 4 is 11.5 Å². The minimum absolute atomic E-state index is 0.00852. The van der Waals surface area contributed by atoms with Gasteiger partial charge in [0.05, 0.1) is 12.3 Å². The molecule has 1 heterocycles. The number of aliphatic hydroxyl groups excluding tert-OH is 1. The Morgan fingerprint density at radius 2 is 2.00 bits per heavy atom. The molecule has 0 bridgehead atoms. The molecule has 0 amide bonds. The van der Waals surface area contributed by atoms with Crippen LogP contribution >= 0.6 is 0 Å². The van der Waals surface area contributed by atoms with Crippen molar-refractivity contribution in [2.45, 2.75) is 26.8 Å². The van der Waals surface area contributed by atoms with Crippen molar-refractivity contribution in [3.63, 3.8) is 0 Å². The minimum Gasteiger partial charge on any atom is -0.491 e. The van der Waals surface area contributed by atoms with E-state index in [2.05, 4.69) is 11.0 Å². The molecule has 0 unspecified atom stereocenters. The highest BCUT2D eigenvalue weighted by Gasteiger charge is 2.23. The van der Waals surface area contributed by atoms with Crippen LogP contribution in [0.2, 0.25) is 0 Å². The van der Waals surface area contributed by atoms with Crippen LogP contribution in [0, 0.1) is 18.3 Å². The first-order valence-corrected chi connectivity index (χ1v) is 9.64. The summed E-state index contributed by atoms with van der Waals surface area (Å²) in [5, 5.41) is 18.6. The molecular weight excluding hydrogens is 364 g/mol. The quantitative estimate of drug-likeness (QED) is 0.464. The lowest BCUT2D eigenvalue weighted by Gasteiger charge is -2.32. The van der Waals surface area contributed by atoms with Crippen molar-refractivity contribution in [3.05, 3.63) is 70.4 Å². The molecule has 0 saturated carbocycles. The zero-order valence-electron chi connectivity index (χ0n) is 16.9. The predicted octanol–water partition coefficient (Wildman–Crippen LogP) is 3.21. The standard InChI is InChI=1S/C23H26N4O2/c1-16-3-6-20(7-4-16)26-23(22(14-24)17(2)25)27-10-9-18-13-21(29-12-11-28)8-5-19(18)15-27/h3-8,13,28H,9-12,15,25H2,1-2H3. The first kappa shape index (κ1) is 20.4. The number of aryl methyl sites for hydroxylation is 1. The number of aliphatic hydroxyl groups is 1. The lowest BCUT2D eigenvalue weighted by atomic mass is 9.98. The van der Waals surface area contributed by atoms with E-state index in [9.17, 15) is 5.26 Å². The normalized spacial score (nSPS) is 14.7. The van der Waals surface area contributed by atoms with Gasteiger partial charge in [0.15, 0.2) is 0 Å². The van der Waals surface area contributed by atoms with E-state index in [4.69, 9.17) is 20.6 Å². The third-order valence-corrected chi connectivity index (χ3v) is 4.85. The van der Waals surface area contributed by atoms with Crippen molar-refractivity contribution in [3.8, 4) is 11.8 Å². The third-order valence-electron chi connectivity index (χ3n) is 4.85. The average Bonchev–Trinajstić information content (AvgIpc) is 2.72. The molecule has 150 valence electrons. The van der Waals surface area contributed by atoms with Crippen molar-refractivity contribution in [2.75, 3.05) is 19.8 Å². The van der Waals surface area contributed by atoms with Gasteiger partial charge in [-0.25, -0.2) is 4.99 Å². The van der Waals surface area contributed by atoms with Crippen LogP contribution in [0.15, 0.2) is 58.7 Å². The van der Waals surface area contributed by atoms with Gasteiger partial charge in [-0.3, -0.25) is 0 Å². The number of aliphatic imine (C=N–C) groups is 1. The van der Waals surface area contributed by atoms with Crippen LogP contribution in [0.5, 0.6) is 5.75 Å². The number of fused-ring (bicyclic) bond motifs is 1. The second kappa shape index (κ2) is 9.26. The van der Waals surface area contributed by atoms with Gasteiger partial charge in [0.1, 0.15) is 29.8 Å². The van der Waals surface area contributed by atoms with Gasteiger partial charge < -0.3 is 20.5 Å². The maximum Gasteiger partial charge on any atom is 0.149 e. The summed E-state index contributed by atoms with van der Waals surface area (Å²) in [5.74, 6) is 1.36. The van der Waals surface area contributed by atoms with E-state index < -0.39 is 0 Å². The number of benzene rings is 2. The molecule has 6 nitrogen and oxygen atoms in total. The summed E-state index contributed by atoms with van der Waals surface area (Å²) >= 11 is 0. The maximum absolute atomic E-state index is 9.70. The number of hydrogen-bond acceptors (Lipinski definition) is 5. The second-order valence-electron chi connectivity index (χ2n) is 7.11. The summed E-state index contributed by atoms with van der Waals surface area (Å²) < 4.78 is 5.52. The van der Waals surface area contributed by atoms with Crippen molar-refractivity contribution < 1.29 is 9.84 Å². The molecule has 0 fully saturated rings. The molecule has 6 heteroatoms. The summed E-state index contributed by atoms with van der Waals surface area (Å²) in [6, 6.07) is 16.1. The SMILES string of the molecule is CC(N)=C(C#N)C(=Nc1ccc(C)cc1)N1CCc2cc(OCCO)ccc2C1. The molecular formula is C23H26N4O2. The Morgan fingerprint density at radius 3 is 2.66 bits per heavy atom. The van der Waals surface area contributed by atoms with E-state index in [1.54, 1.807) is 6.92 Å². The van der Waals surface area contributed by atoms with Crippen LogP contribution in [-0.4, -0.2) is 35.6 Å². The molecule has 2 aromatic carbocycles. The molecule has 3 rings (SSSR count). The molecule has 0 radical (unpaired) electrons. The third kappa shape index (κ3) is 4.95. The predicted molar refractivity (Wildman–Crippen MR) is 114 cm³/mol. The van der Waals surface area contributed by atoms with Crippen LogP contribution in [0.1, 0.15) is 23.6 Å². The first-order valence-electron chi connectivity index (χ1n) is 9.64. The number of nitriles is 1. The highest BCUT2D eigenvalue weighted by molar-refractivity contribution is 6.03. The lowest BCUT2D eigenvalue weighted by molar-refractivity contribution is 0.201. The van der Waals surface area contributed by atoms with Crippen LogP contribution in [0.3, 0.4) is 0 Å². The molecule has 1 aliphatic rings. The molecule has 2 aromatic rings. The highest BCUT2D eigenvalue weighted by atomic mass is 16.5. The van der Waals surface area contributed by atoms with Gasteiger partial charge in [0.2, 0.25) is 0 Å².